The molecule has 0 aromatic heterocycles. The molecule has 0 heterocycles. The molecule has 0 aliphatic carbocycles. The highest BCUT2D eigenvalue weighted by atomic mass is 16.2. The van der Waals surface area contributed by atoms with Crippen LogP contribution in [0, 0.1) is 0 Å². The summed E-state index contributed by atoms with van der Waals surface area (Å²) in [6.45, 7) is 2.68. The van der Waals surface area contributed by atoms with Crippen LogP contribution in [0.2, 0.25) is 0 Å². The van der Waals surface area contributed by atoms with Gasteiger partial charge in [0.25, 0.3) is 0 Å². The van der Waals surface area contributed by atoms with Crippen LogP contribution in [0.5, 0.6) is 0 Å². The number of hydrogen-bond acceptors (Lipinski definition) is 2. The van der Waals surface area contributed by atoms with Crippen molar-refractivity contribution in [3.8, 4) is 0 Å². The summed E-state index contributed by atoms with van der Waals surface area (Å²) in [5.41, 5.74) is 0. The third kappa shape index (κ3) is 5.08. The van der Waals surface area contributed by atoms with Gasteiger partial charge in [0, 0.05) is 6.54 Å². The predicted molar refractivity (Wildman–Crippen MR) is 37.8 cm³/mol. The molecular formula is C6H12N2O2. The van der Waals surface area contributed by atoms with Crippen molar-refractivity contribution in [1.29, 1.82) is 0 Å². The van der Waals surface area contributed by atoms with Gasteiger partial charge in [-0.25, -0.2) is 4.79 Å². The molecule has 4 heteroatoms. The van der Waals surface area contributed by atoms with E-state index < -0.39 is 0 Å². The fourth-order valence-corrected chi connectivity index (χ4v) is 0.435. The van der Waals surface area contributed by atoms with Crippen LogP contribution < -0.4 is 10.6 Å². The van der Waals surface area contributed by atoms with E-state index in [4.69, 9.17) is 0 Å². The first-order valence-corrected chi connectivity index (χ1v) is 3.26. The quantitative estimate of drug-likeness (QED) is 0.541. The molecule has 0 bridgehead atoms. The van der Waals surface area contributed by atoms with Gasteiger partial charge in [-0.15, -0.1) is 0 Å². The highest BCUT2D eigenvalue weighted by molar-refractivity contribution is 5.76. The molecular weight excluding hydrogens is 132 g/mol. The first kappa shape index (κ1) is 8.94. The van der Waals surface area contributed by atoms with Crippen molar-refractivity contribution in [2.45, 2.75) is 13.3 Å². The molecule has 0 saturated carbocycles. The highest BCUT2D eigenvalue weighted by Crippen LogP contribution is 1.69. The number of carbonyl (C=O) groups excluding carboxylic acids is 2. The number of urea groups is 1. The third-order valence-electron chi connectivity index (χ3n) is 0.882. The van der Waals surface area contributed by atoms with Crippen molar-refractivity contribution in [3.05, 3.63) is 0 Å². The SMILES string of the molecule is CCCNC(=O)NCC=O. The fourth-order valence-electron chi connectivity index (χ4n) is 0.435. The minimum Gasteiger partial charge on any atom is -0.338 e. The second kappa shape index (κ2) is 6.07. The Morgan fingerprint density at radius 1 is 1.50 bits per heavy atom. The van der Waals surface area contributed by atoms with Gasteiger partial charge in [-0.3, -0.25) is 0 Å². The van der Waals surface area contributed by atoms with Crippen LogP contribution in [-0.2, 0) is 4.79 Å². The van der Waals surface area contributed by atoms with Crippen molar-refractivity contribution in [2.75, 3.05) is 13.1 Å². The van der Waals surface area contributed by atoms with Gasteiger partial charge in [-0.1, -0.05) is 6.92 Å². The van der Waals surface area contributed by atoms with Crippen LogP contribution in [0.3, 0.4) is 0 Å². The van der Waals surface area contributed by atoms with Crippen LogP contribution in [0.4, 0.5) is 4.79 Å². The zero-order valence-corrected chi connectivity index (χ0v) is 6.02. The number of rotatable bonds is 4. The standard InChI is InChI=1S/C6H12N2O2/c1-2-3-7-6(10)8-4-5-9/h5H,2-4H2,1H3,(H2,7,8,10). The van der Waals surface area contributed by atoms with Gasteiger partial charge in [0.1, 0.15) is 6.29 Å². The average molecular weight is 144 g/mol. The van der Waals surface area contributed by atoms with Crippen LogP contribution >= 0.6 is 0 Å². The molecule has 58 valence electrons. The van der Waals surface area contributed by atoms with Crippen molar-refractivity contribution in [1.82, 2.24) is 10.6 Å². The maximum absolute atomic E-state index is 10.6. The normalized spacial score (nSPS) is 8.50. The molecule has 0 aliphatic rings. The molecule has 0 unspecified atom stereocenters. The molecule has 0 radical (unpaired) electrons. The Balaban J connectivity index is 3.16. The van der Waals surface area contributed by atoms with Gasteiger partial charge >= 0.3 is 6.03 Å². The smallest absolute Gasteiger partial charge is 0.315 e. The summed E-state index contributed by atoms with van der Waals surface area (Å²) in [6, 6.07) is -0.283. The van der Waals surface area contributed by atoms with Crippen molar-refractivity contribution in [3.63, 3.8) is 0 Å². The van der Waals surface area contributed by atoms with E-state index in [1.54, 1.807) is 0 Å². The molecule has 0 aliphatic heterocycles. The lowest BCUT2D eigenvalue weighted by molar-refractivity contribution is -0.107. The van der Waals surface area contributed by atoms with Crippen LogP contribution in [-0.4, -0.2) is 25.4 Å². The van der Waals surface area contributed by atoms with Crippen LogP contribution in [0.15, 0.2) is 0 Å². The van der Waals surface area contributed by atoms with E-state index in [1.165, 1.54) is 0 Å². The molecule has 2 N–H and O–H groups in total. The average Bonchev–Trinajstić information content (AvgIpc) is 1.97. The Morgan fingerprint density at radius 3 is 2.70 bits per heavy atom. The Labute approximate surface area is 60.0 Å². The molecule has 0 fully saturated rings. The van der Waals surface area contributed by atoms with Gasteiger partial charge in [0.15, 0.2) is 0 Å². The summed E-state index contributed by atoms with van der Waals surface area (Å²) in [5, 5.41) is 4.91. The highest BCUT2D eigenvalue weighted by Gasteiger charge is 1.93. The van der Waals surface area contributed by atoms with E-state index in [1.807, 2.05) is 6.92 Å². The maximum atomic E-state index is 10.6. The summed E-state index contributed by atoms with van der Waals surface area (Å²) in [5.74, 6) is 0. The number of nitrogens with one attached hydrogen (secondary N) is 2. The van der Waals surface area contributed by atoms with E-state index in [2.05, 4.69) is 10.6 Å². The Kier molecular flexibility index (Phi) is 5.42. The van der Waals surface area contributed by atoms with Crippen molar-refractivity contribution in [2.24, 2.45) is 0 Å². The molecule has 2 amide bonds. The number of aldehydes is 1. The zero-order valence-electron chi connectivity index (χ0n) is 6.02. The zero-order chi connectivity index (χ0) is 7.82. The summed E-state index contributed by atoms with van der Waals surface area (Å²) in [6.07, 6.45) is 1.54. The van der Waals surface area contributed by atoms with Crippen molar-refractivity contribution < 1.29 is 9.59 Å². The largest absolute Gasteiger partial charge is 0.338 e. The minimum absolute atomic E-state index is 0.0789. The fraction of sp³-hybridized carbons (Fsp3) is 0.667. The molecule has 10 heavy (non-hydrogen) atoms. The Hall–Kier alpha value is -1.06. The van der Waals surface area contributed by atoms with Gasteiger partial charge in [0.05, 0.1) is 6.54 Å². The van der Waals surface area contributed by atoms with E-state index >= 15 is 0 Å². The summed E-state index contributed by atoms with van der Waals surface area (Å²) >= 11 is 0. The van der Waals surface area contributed by atoms with Crippen LogP contribution in [0.25, 0.3) is 0 Å². The van der Waals surface area contributed by atoms with E-state index in [0.29, 0.717) is 12.8 Å². The molecule has 0 rings (SSSR count). The second-order valence-corrected chi connectivity index (χ2v) is 1.80. The molecule has 0 spiro atoms. The van der Waals surface area contributed by atoms with E-state index in [0.717, 1.165) is 6.42 Å². The van der Waals surface area contributed by atoms with Gasteiger partial charge in [-0.05, 0) is 6.42 Å². The first-order valence-electron chi connectivity index (χ1n) is 3.26. The minimum atomic E-state index is -0.283. The summed E-state index contributed by atoms with van der Waals surface area (Å²) in [4.78, 5) is 20.3. The van der Waals surface area contributed by atoms with Crippen molar-refractivity contribution >= 4 is 12.3 Å². The number of amides is 2. The van der Waals surface area contributed by atoms with E-state index in [9.17, 15) is 9.59 Å². The van der Waals surface area contributed by atoms with Crippen LogP contribution in [0.1, 0.15) is 13.3 Å². The molecule has 0 aromatic rings. The topological polar surface area (TPSA) is 58.2 Å². The second-order valence-electron chi connectivity index (χ2n) is 1.80. The maximum Gasteiger partial charge on any atom is 0.315 e. The number of carbonyl (C=O) groups is 2. The number of hydrogen-bond donors (Lipinski definition) is 2. The van der Waals surface area contributed by atoms with Gasteiger partial charge in [0.2, 0.25) is 0 Å². The first-order chi connectivity index (χ1) is 4.81. The Morgan fingerprint density at radius 2 is 2.20 bits per heavy atom. The monoisotopic (exact) mass is 144 g/mol. The molecule has 0 atom stereocenters. The Bertz CT molecular complexity index is 114. The lowest BCUT2D eigenvalue weighted by Crippen LogP contribution is -2.36. The van der Waals surface area contributed by atoms with Gasteiger partial charge in [-0.2, -0.15) is 0 Å². The lowest BCUT2D eigenvalue weighted by atomic mass is 10.5. The molecule has 4 nitrogen and oxygen atoms in total. The molecule has 0 aromatic carbocycles. The summed E-state index contributed by atoms with van der Waals surface area (Å²) < 4.78 is 0. The molecule has 0 saturated heterocycles. The predicted octanol–water partition coefficient (Wildman–Crippen LogP) is -0.106. The third-order valence-corrected chi connectivity index (χ3v) is 0.882. The van der Waals surface area contributed by atoms with E-state index in [-0.39, 0.29) is 12.6 Å². The lowest BCUT2D eigenvalue weighted by Gasteiger charge is -2.01. The summed E-state index contributed by atoms with van der Waals surface area (Å²) in [7, 11) is 0. The van der Waals surface area contributed by atoms with Gasteiger partial charge < -0.3 is 15.4 Å².